The maximum atomic E-state index is 13.0. The van der Waals surface area contributed by atoms with Gasteiger partial charge in [-0.2, -0.15) is 0 Å². The Morgan fingerprint density at radius 2 is 1.92 bits per heavy atom. The first kappa shape index (κ1) is 17.0. The summed E-state index contributed by atoms with van der Waals surface area (Å²) in [5.74, 6) is 2.62. The number of aryl methyl sites for hydroxylation is 1. The molecule has 2 saturated carbocycles. The first-order valence-electron chi connectivity index (χ1n) is 9.79. The third-order valence-electron chi connectivity index (χ3n) is 6.50. The van der Waals surface area contributed by atoms with Gasteiger partial charge in [-0.1, -0.05) is 11.6 Å². The molecule has 0 aromatic carbocycles. The zero-order chi connectivity index (χ0) is 17.4. The second kappa shape index (κ2) is 7.08. The van der Waals surface area contributed by atoms with E-state index in [1.54, 1.807) is 0 Å². The number of hydrogen-bond donors (Lipinski definition) is 1. The molecule has 1 aromatic heterocycles. The predicted molar refractivity (Wildman–Crippen MR) is 94.6 cm³/mol. The number of rotatable bonds is 3. The Hall–Kier alpha value is -1.40. The predicted octanol–water partition coefficient (Wildman–Crippen LogP) is 1.78. The van der Waals surface area contributed by atoms with Gasteiger partial charge in [-0.3, -0.25) is 9.69 Å². The summed E-state index contributed by atoms with van der Waals surface area (Å²) in [5.41, 5.74) is 7.29. The van der Waals surface area contributed by atoms with Crippen molar-refractivity contribution in [2.24, 2.45) is 23.5 Å². The molecule has 4 rings (SSSR count). The first-order valence-corrected chi connectivity index (χ1v) is 9.79. The number of hydrogen-bond acceptors (Lipinski definition) is 5. The normalized spacial score (nSPS) is 33.4. The maximum Gasteiger partial charge on any atom is 0.225 e. The summed E-state index contributed by atoms with van der Waals surface area (Å²) in [6, 6.07) is 2.32. The molecular weight excluding hydrogens is 316 g/mol. The van der Waals surface area contributed by atoms with Gasteiger partial charge in [-0.05, 0) is 44.4 Å². The van der Waals surface area contributed by atoms with E-state index in [2.05, 4.69) is 15.0 Å². The van der Waals surface area contributed by atoms with Crippen LogP contribution in [-0.2, 0) is 11.3 Å². The number of nitrogens with two attached hydrogens (primary N) is 1. The van der Waals surface area contributed by atoms with Gasteiger partial charge in [0, 0.05) is 44.2 Å². The minimum Gasteiger partial charge on any atom is -0.360 e. The van der Waals surface area contributed by atoms with E-state index in [1.165, 1.54) is 19.3 Å². The van der Waals surface area contributed by atoms with Crippen LogP contribution in [-0.4, -0.2) is 53.1 Å². The van der Waals surface area contributed by atoms with Crippen LogP contribution in [0.25, 0.3) is 0 Å². The largest absolute Gasteiger partial charge is 0.360 e. The Labute approximate surface area is 149 Å². The van der Waals surface area contributed by atoms with Gasteiger partial charge in [0.25, 0.3) is 0 Å². The van der Waals surface area contributed by atoms with Gasteiger partial charge in [0.05, 0.1) is 12.2 Å². The highest BCUT2D eigenvalue weighted by Crippen LogP contribution is 2.42. The summed E-state index contributed by atoms with van der Waals surface area (Å²) in [6.07, 6.45) is 5.74. The van der Waals surface area contributed by atoms with Crippen LogP contribution >= 0.6 is 0 Å². The van der Waals surface area contributed by atoms with Gasteiger partial charge in [-0.15, -0.1) is 0 Å². The minimum atomic E-state index is 0.207. The molecule has 2 aliphatic carbocycles. The molecule has 138 valence electrons. The monoisotopic (exact) mass is 346 g/mol. The molecule has 0 spiro atoms. The Kier molecular flexibility index (Phi) is 4.82. The number of fused-ring (bicyclic) bond motifs is 2. The molecule has 1 aromatic rings. The van der Waals surface area contributed by atoms with Crippen molar-refractivity contribution in [3.63, 3.8) is 0 Å². The van der Waals surface area contributed by atoms with Gasteiger partial charge in [0.1, 0.15) is 0 Å². The van der Waals surface area contributed by atoms with E-state index in [1.807, 2.05) is 13.0 Å². The molecule has 0 radical (unpaired) electrons. The average molecular weight is 346 g/mol. The van der Waals surface area contributed by atoms with Crippen molar-refractivity contribution in [2.75, 3.05) is 26.2 Å². The van der Waals surface area contributed by atoms with Crippen LogP contribution in [0.15, 0.2) is 10.6 Å². The highest BCUT2D eigenvalue weighted by atomic mass is 16.5. The second-order valence-electron chi connectivity index (χ2n) is 8.23. The molecule has 2 bridgehead atoms. The van der Waals surface area contributed by atoms with Crippen LogP contribution in [0.2, 0.25) is 0 Å². The van der Waals surface area contributed by atoms with Crippen molar-refractivity contribution < 1.29 is 9.32 Å². The Bertz CT molecular complexity index is 594. The van der Waals surface area contributed by atoms with E-state index >= 15 is 0 Å². The summed E-state index contributed by atoms with van der Waals surface area (Å²) >= 11 is 0. The molecule has 3 aliphatic rings. The van der Waals surface area contributed by atoms with Gasteiger partial charge in [-0.25, -0.2) is 0 Å². The Morgan fingerprint density at radius 1 is 1.24 bits per heavy atom. The van der Waals surface area contributed by atoms with Crippen LogP contribution < -0.4 is 5.73 Å². The van der Waals surface area contributed by atoms with Crippen molar-refractivity contribution in [1.29, 1.82) is 0 Å². The maximum absolute atomic E-state index is 13.0. The lowest BCUT2D eigenvalue weighted by Gasteiger charge is -2.45. The van der Waals surface area contributed by atoms with E-state index in [9.17, 15) is 4.79 Å². The fourth-order valence-corrected chi connectivity index (χ4v) is 5.09. The number of nitrogens with zero attached hydrogens (tertiary/aromatic N) is 3. The molecule has 1 saturated heterocycles. The van der Waals surface area contributed by atoms with Crippen molar-refractivity contribution >= 4 is 5.91 Å². The number of carbonyl (C=O) groups is 1. The molecule has 6 nitrogen and oxygen atoms in total. The van der Waals surface area contributed by atoms with Crippen LogP contribution in [0.3, 0.4) is 0 Å². The molecule has 3 fully saturated rings. The standard InChI is InChI=1S/C19H30N4O2/c1-13-9-17(25-21-13)12-22-5-7-23(8-6-22)19(24)16-10-14-3-2-4-15(11-16)18(14)20/h9,14-16,18H,2-8,10-12,20H2,1H3. The average Bonchev–Trinajstić information content (AvgIpc) is 2.99. The van der Waals surface area contributed by atoms with E-state index in [0.717, 1.165) is 57.0 Å². The highest BCUT2D eigenvalue weighted by Gasteiger charge is 2.41. The zero-order valence-electron chi connectivity index (χ0n) is 15.2. The summed E-state index contributed by atoms with van der Waals surface area (Å²) < 4.78 is 5.30. The molecule has 25 heavy (non-hydrogen) atoms. The molecule has 2 unspecified atom stereocenters. The lowest BCUT2D eigenvalue weighted by Crippen LogP contribution is -2.53. The Balaban J connectivity index is 1.29. The van der Waals surface area contributed by atoms with Crippen molar-refractivity contribution in [3.8, 4) is 0 Å². The van der Waals surface area contributed by atoms with Crippen molar-refractivity contribution in [2.45, 2.75) is 51.6 Å². The van der Waals surface area contributed by atoms with Crippen molar-refractivity contribution in [1.82, 2.24) is 15.0 Å². The summed E-state index contributed by atoms with van der Waals surface area (Å²) in [6.45, 7) is 6.18. The number of aromatic nitrogens is 1. The molecule has 2 atom stereocenters. The molecule has 2 N–H and O–H groups in total. The molecule has 6 heteroatoms. The third kappa shape index (κ3) is 3.60. The van der Waals surface area contributed by atoms with E-state index in [-0.39, 0.29) is 5.92 Å². The SMILES string of the molecule is Cc1cc(CN2CCN(C(=O)C3CC4CCCC(C3)C4N)CC2)on1. The Morgan fingerprint density at radius 3 is 2.52 bits per heavy atom. The van der Waals surface area contributed by atoms with Gasteiger partial charge in [0.15, 0.2) is 5.76 Å². The lowest BCUT2D eigenvalue weighted by atomic mass is 9.65. The molecule has 1 aliphatic heterocycles. The van der Waals surface area contributed by atoms with Gasteiger partial charge < -0.3 is 15.2 Å². The van der Waals surface area contributed by atoms with E-state index < -0.39 is 0 Å². The lowest BCUT2D eigenvalue weighted by molar-refractivity contribution is -0.140. The fraction of sp³-hybridized carbons (Fsp3) is 0.789. The van der Waals surface area contributed by atoms with Gasteiger partial charge >= 0.3 is 0 Å². The quantitative estimate of drug-likeness (QED) is 0.903. The van der Waals surface area contributed by atoms with Crippen LogP contribution in [0.4, 0.5) is 0 Å². The summed E-state index contributed by atoms with van der Waals surface area (Å²) in [4.78, 5) is 17.4. The topological polar surface area (TPSA) is 75.6 Å². The number of piperazine rings is 1. The fourth-order valence-electron chi connectivity index (χ4n) is 5.09. The zero-order valence-corrected chi connectivity index (χ0v) is 15.2. The van der Waals surface area contributed by atoms with Crippen LogP contribution in [0, 0.1) is 24.7 Å². The molecule has 1 amide bonds. The summed E-state index contributed by atoms with van der Waals surface area (Å²) in [7, 11) is 0. The molecule has 2 heterocycles. The number of carbonyl (C=O) groups excluding carboxylic acids is 1. The van der Waals surface area contributed by atoms with Crippen LogP contribution in [0.5, 0.6) is 0 Å². The highest BCUT2D eigenvalue weighted by molar-refractivity contribution is 5.79. The summed E-state index contributed by atoms with van der Waals surface area (Å²) in [5, 5.41) is 3.94. The van der Waals surface area contributed by atoms with Crippen molar-refractivity contribution in [3.05, 3.63) is 17.5 Å². The van der Waals surface area contributed by atoms with E-state index in [0.29, 0.717) is 23.8 Å². The van der Waals surface area contributed by atoms with Crippen LogP contribution in [0.1, 0.15) is 43.6 Å². The minimum absolute atomic E-state index is 0.207. The van der Waals surface area contributed by atoms with Gasteiger partial charge in [0.2, 0.25) is 5.91 Å². The number of amides is 1. The van der Waals surface area contributed by atoms with E-state index in [4.69, 9.17) is 10.3 Å². The smallest absolute Gasteiger partial charge is 0.225 e. The second-order valence-corrected chi connectivity index (χ2v) is 8.23. The third-order valence-corrected chi connectivity index (χ3v) is 6.50. The molecular formula is C19H30N4O2. The first-order chi connectivity index (χ1) is 12.1.